The molecule has 0 aliphatic heterocycles. The number of hydrogen-bond acceptors (Lipinski definition) is 1. The Morgan fingerprint density at radius 3 is 2.58 bits per heavy atom. The Bertz CT molecular complexity index is 536. The first-order valence-electron chi connectivity index (χ1n) is 6.73. The van der Waals surface area contributed by atoms with Crippen molar-refractivity contribution in [3.8, 4) is 0 Å². The van der Waals surface area contributed by atoms with E-state index in [1.54, 1.807) is 0 Å². The molecule has 0 radical (unpaired) electrons. The van der Waals surface area contributed by atoms with Gasteiger partial charge in [0, 0.05) is 17.1 Å². The molecule has 19 heavy (non-hydrogen) atoms. The van der Waals surface area contributed by atoms with E-state index in [4.69, 9.17) is 0 Å². The molecule has 0 saturated heterocycles. The van der Waals surface area contributed by atoms with Gasteiger partial charge in [-0.1, -0.05) is 64.8 Å². The number of aryl methyl sites for hydroxylation is 1. The van der Waals surface area contributed by atoms with E-state index >= 15 is 0 Å². The van der Waals surface area contributed by atoms with Crippen molar-refractivity contribution in [2.45, 2.75) is 32.9 Å². The summed E-state index contributed by atoms with van der Waals surface area (Å²) in [6, 6.07) is 17.6. The Morgan fingerprint density at radius 1 is 1.11 bits per heavy atom. The van der Waals surface area contributed by atoms with Gasteiger partial charge in [-0.2, -0.15) is 0 Å². The van der Waals surface area contributed by atoms with Crippen LogP contribution in [0, 0.1) is 6.92 Å². The lowest BCUT2D eigenvalue weighted by Crippen LogP contribution is -2.20. The van der Waals surface area contributed by atoms with Gasteiger partial charge in [0.15, 0.2) is 0 Å². The van der Waals surface area contributed by atoms with Crippen molar-refractivity contribution < 1.29 is 0 Å². The van der Waals surface area contributed by atoms with Crippen LogP contribution in [0.1, 0.15) is 36.1 Å². The molecule has 0 aliphatic carbocycles. The van der Waals surface area contributed by atoms with E-state index in [1.165, 1.54) is 16.7 Å². The molecular formula is C17H20BrN. The minimum absolute atomic E-state index is 0.401. The quantitative estimate of drug-likeness (QED) is 0.818. The first kappa shape index (κ1) is 14.3. The van der Waals surface area contributed by atoms with Crippen LogP contribution in [0.5, 0.6) is 0 Å². The standard InChI is InChI=1S/C17H20BrN/c1-3-17(15-8-5-9-16(18)11-15)19-12-14-7-4-6-13(2)10-14/h4-11,17,19H,3,12H2,1-2H3. The van der Waals surface area contributed by atoms with E-state index in [2.05, 4.69) is 83.6 Å². The molecule has 2 aromatic rings. The van der Waals surface area contributed by atoms with Crippen molar-refractivity contribution in [2.24, 2.45) is 0 Å². The normalized spacial score (nSPS) is 12.4. The van der Waals surface area contributed by atoms with Crippen LogP contribution in [0.15, 0.2) is 53.0 Å². The van der Waals surface area contributed by atoms with Crippen molar-refractivity contribution in [1.29, 1.82) is 0 Å². The largest absolute Gasteiger partial charge is 0.306 e. The maximum absolute atomic E-state index is 3.64. The molecule has 2 aromatic carbocycles. The number of rotatable bonds is 5. The Kier molecular flexibility index (Phi) is 5.17. The third kappa shape index (κ3) is 4.19. The summed E-state index contributed by atoms with van der Waals surface area (Å²) in [6.45, 7) is 5.26. The average Bonchev–Trinajstić information content (AvgIpc) is 2.40. The zero-order valence-electron chi connectivity index (χ0n) is 11.5. The summed E-state index contributed by atoms with van der Waals surface area (Å²) in [5, 5.41) is 3.64. The molecule has 100 valence electrons. The van der Waals surface area contributed by atoms with Gasteiger partial charge >= 0.3 is 0 Å². The lowest BCUT2D eigenvalue weighted by Gasteiger charge is -2.18. The summed E-state index contributed by atoms with van der Waals surface area (Å²) < 4.78 is 1.14. The van der Waals surface area contributed by atoms with E-state index in [0.29, 0.717) is 6.04 Å². The SMILES string of the molecule is CCC(NCc1cccc(C)c1)c1cccc(Br)c1. The fraction of sp³-hybridized carbons (Fsp3) is 0.294. The number of halogens is 1. The Labute approximate surface area is 124 Å². The summed E-state index contributed by atoms with van der Waals surface area (Å²) in [4.78, 5) is 0. The van der Waals surface area contributed by atoms with E-state index in [9.17, 15) is 0 Å². The summed E-state index contributed by atoms with van der Waals surface area (Å²) in [6.07, 6.45) is 1.09. The minimum Gasteiger partial charge on any atom is -0.306 e. The highest BCUT2D eigenvalue weighted by atomic mass is 79.9. The van der Waals surface area contributed by atoms with Gasteiger partial charge in [-0.05, 0) is 36.6 Å². The van der Waals surface area contributed by atoms with Crippen LogP contribution in [0.4, 0.5) is 0 Å². The van der Waals surface area contributed by atoms with Gasteiger partial charge in [-0.25, -0.2) is 0 Å². The van der Waals surface area contributed by atoms with Crippen LogP contribution < -0.4 is 5.32 Å². The Hall–Kier alpha value is -1.12. The number of hydrogen-bond donors (Lipinski definition) is 1. The molecule has 2 heteroatoms. The van der Waals surface area contributed by atoms with Crippen LogP contribution in [0.3, 0.4) is 0 Å². The lowest BCUT2D eigenvalue weighted by molar-refractivity contribution is 0.519. The molecule has 0 heterocycles. The smallest absolute Gasteiger partial charge is 0.0321 e. The molecule has 0 spiro atoms. The number of nitrogens with one attached hydrogen (secondary N) is 1. The zero-order chi connectivity index (χ0) is 13.7. The maximum atomic E-state index is 3.64. The predicted molar refractivity (Wildman–Crippen MR) is 85.2 cm³/mol. The van der Waals surface area contributed by atoms with Gasteiger partial charge in [0.05, 0.1) is 0 Å². The molecule has 1 atom stereocenters. The lowest BCUT2D eigenvalue weighted by atomic mass is 10.0. The van der Waals surface area contributed by atoms with Crippen LogP contribution in [0.25, 0.3) is 0 Å². The third-order valence-corrected chi connectivity index (χ3v) is 3.79. The second kappa shape index (κ2) is 6.88. The number of benzene rings is 2. The van der Waals surface area contributed by atoms with Crippen LogP contribution >= 0.6 is 15.9 Å². The molecule has 1 N–H and O–H groups in total. The highest BCUT2D eigenvalue weighted by Gasteiger charge is 2.08. The monoisotopic (exact) mass is 317 g/mol. The van der Waals surface area contributed by atoms with Crippen molar-refractivity contribution >= 4 is 15.9 Å². The molecule has 1 unspecified atom stereocenters. The molecule has 2 rings (SSSR count). The highest BCUT2D eigenvalue weighted by molar-refractivity contribution is 9.10. The molecule has 0 aromatic heterocycles. The summed E-state index contributed by atoms with van der Waals surface area (Å²) in [7, 11) is 0. The summed E-state index contributed by atoms with van der Waals surface area (Å²) >= 11 is 3.54. The molecule has 0 fully saturated rings. The van der Waals surface area contributed by atoms with E-state index in [1.807, 2.05) is 0 Å². The van der Waals surface area contributed by atoms with E-state index in [0.717, 1.165) is 17.4 Å². The van der Waals surface area contributed by atoms with Crippen LogP contribution in [-0.4, -0.2) is 0 Å². The first-order chi connectivity index (χ1) is 9.19. The van der Waals surface area contributed by atoms with Gasteiger partial charge in [-0.15, -0.1) is 0 Å². The van der Waals surface area contributed by atoms with Crippen molar-refractivity contribution in [1.82, 2.24) is 5.32 Å². The summed E-state index contributed by atoms with van der Waals surface area (Å²) in [5.74, 6) is 0. The molecule has 0 amide bonds. The third-order valence-electron chi connectivity index (χ3n) is 3.29. The maximum Gasteiger partial charge on any atom is 0.0321 e. The summed E-state index contributed by atoms with van der Waals surface area (Å²) in [5.41, 5.74) is 3.99. The van der Waals surface area contributed by atoms with E-state index in [-0.39, 0.29) is 0 Å². The fourth-order valence-electron chi connectivity index (χ4n) is 2.28. The van der Waals surface area contributed by atoms with Crippen molar-refractivity contribution in [3.05, 3.63) is 69.7 Å². The predicted octanol–water partition coefficient (Wildman–Crippen LogP) is 5.00. The van der Waals surface area contributed by atoms with Gasteiger partial charge in [0.25, 0.3) is 0 Å². The second-order valence-electron chi connectivity index (χ2n) is 4.89. The van der Waals surface area contributed by atoms with Crippen molar-refractivity contribution in [3.63, 3.8) is 0 Å². The Morgan fingerprint density at radius 2 is 1.89 bits per heavy atom. The topological polar surface area (TPSA) is 12.0 Å². The van der Waals surface area contributed by atoms with Gasteiger partial charge in [0.1, 0.15) is 0 Å². The molecule has 0 bridgehead atoms. The molecule has 0 aliphatic rings. The average molecular weight is 318 g/mol. The van der Waals surface area contributed by atoms with Gasteiger partial charge in [0.2, 0.25) is 0 Å². The minimum atomic E-state index is 0.401. The van der Waals surface area contributed by atoms with E-state index < -0.39 is 0 Å². The highest BCUT2D eigenvalue weighted by Crippen LogP contribution is 2.21. The molecule has 1 nitrogen and oxygen atoms in total. The second-order valence-corrected chi connectivity index (χ2v) is 5.80. The Balaban J connectivity index is 2.04. The van der Waals surface area contributed by atoms with Gasteiger partial charge in [-0.3, -0.25) is 0 Å². The van der Waals surface area contributed by atoms with Crippen LogP contribution in [0.2, 0.25) is 0 Å². The molecular weight excluding hydrogens is 298 g/mol. The fourth-order valence-corrected chi connectivity index (χ4v) is 2.70. The first-order valence-corrected chi connectivity index (χ1v) is 7.52. The van der Waals surface area contributed by atoms with Crippen LogP contribution in [-0.2, 0) is 6.54 Å². The zero-order valence-corrected chi connectivity index (χ0v) is 13.1. The van der Waals surface area contributed by atoms with Crippen molar-refractivity contribution in [2.75, 3.05) is 0 Å². The molecule has 0 saturated carbocycles. The van der Waals surface area contributed by atoms with Gasteiger partial charge < -0.3 is 5.32 Å².